The molecule has 1 atom stereocenters. The number of methoxy groups -OCH3 is 1. The molecule has 0 aliphatic carbocycles. The van der Waals surface area contributed by atoms with Gasteiger partial charge in [-0.3, -0.25) is 4.99 Å². The second-order valence-corrected chi connectivity index (χ2v) is 4.10. The van der Waals surface area contributed by atoms with Gasteiger partial charge in [0.05, 0.1) is 12.8 Å². The predicted molar refractivity (Wildman–Crippen MR) is 64.4 cm³/mol. The summed E-state index contributed by atoms with van der Waals surface area (Å²) in [4.78, 5) is 4.48. The van der Waals surface area contributed by atoms with Crippen molar-refractivity contribution in [2.24, 2.45) is 4.99 Å². The Balaban J connectivity index is 2.24. The van der Waals surface area contributed by atoms with Crippen LogP contribution in [0.4, 0.5) is 5.69 Å². The van der Waals surface area contributed by atoms with Gasteiger partial charge in [-0.25, -0.2) is 0 Å². The maximum absolute atomic E-state index is 5.52. The average Bonchev–Trinajstić information content (AvgIpc) is 2.77. The lowest BCUT2D eigenvalue weighted by molar-refractivity contribution is 0.171. The Morgan fingerprint density at radius 2 is 2.18 bits per heavy atom. The highest BCUT2D eigenvalue weighted by atomic mass is 16.7. The van der Waals surface area contributed by atoms with E-state index >= 15 is 0 Å². The highest BCUT2D eigenvalue weighted by Gasteiger charge is 2.29. The molecule has 0 saturated carbocycles. The lowest BCUT2D eigenvalue weighted by Crippen LogP contribution is -2.22. The number of ether oxygens (including phenoxy) is 3. The third-order valence-corrected chi connectivity index (χ3v) is 2.96. The van der Waals surface area contributed by atoms with E-state index in [0.29, 0.717) is 11.5 Å². The van der Waals surface area contributed by atoms with Gasteiger partial charge in [0, 0.05) is 11.3 Å². The number of anilines is 1. The number of nitrogens with one attached hydrogen (secondary N) is 1. The van der Waals surface area contributed by atoms with Gasteiger partial charge in [-0.1, -0.05) is 0 Å². The molecule has 0 amide bonds. The molecule has 1 unspecified atom stereocenters. The summed E-state index contributed by atoms with van der Waals surface area (Å²) in [6, 6.07) is 1.93. The highest BCUT2D eigenvalue weighted by Crippen LogP contribution is 2.49. The Labute approximate surface area is 99.4 Å². The monoisotopic (exact) mass is 234 g/mol. The fourth-order valence-electron chi connectivity index (χ4n) is 2.22. The first-order chi connectivity index (χ1) is 8.20. The molecule has 0 fully saturated rings. The molecule has 17 heavy (non-hydrogen) atoms. The van der Waals surface area contributed by atoms with Crippen LogP contribution in [-0.2, 0) is 0 Å². The van der Waals surface area contributed by atoms with Gasteiger partial charge in [0.15, 0.2) is 11.5 Å². The largest absolute Gasteiger partial charge is 0.493 e. The van der Waals surface area contributed by atoms with E-state index in [1.807, 2.05) is 19.9 Å². The normalized spacial score (nSPS) is 20.4. The van der Waals surface area contributed by atoms with Crippen LogP contribution in [0.3, 0.4) is 0 Å². The third-order valence-electron chi connectivity index (χ3n) is 2.96. The van der Waals surface area contributed by atoms with Crippen LogP contribution in [0.5, 0.6) is 17.2 Å². The molecule has 90 valence electrons. The Hall–Kier alpha value is -1.91. The summed E-state index contributed by atoms with van der Waals surface area (Å²) in [6.07, 6.45) is 0.0456. The van der Waals surface area contributed by atoms with Crippen molar-refractivity contribution in [2.45, 2.75) is 20.0 Å². The second-order valence-electron chi connectivity index (χ2n) is 4.10. The summed E-state index contributed by atoms with van der Waals surface area (Å²) in [5, 5.41) is 3.29. The van der Waals surface area contributed by atoms with Gasteiger partial charge in [0.1, 0.15) is 6.17 Å². The first-order valence-electron chi connectivity index (χ1n) is 5.52. The molecule has 2 aliphatic rings. The van der Waals surface area contributed by atoms with Crippen LogP contribution in [0.1, 0.15) is 19.4 Å². The topological polar surface area (TPSA) is 52.1 Å². The number of rotatable bonds is 1. The summed E-state index contributed by atoms with van der Waals surface area (Å²) in [5.74, 6) is 2.07. The Bertz CT molecular complexity index is 511. The molecule has 5 nitrogen and oxygen atoms in total. The summed E-state index contributed by atoms with van der Waals surface area (Å²) < 4.78 is 16.3. The van der Waals surface area contributed by atoms with Crippen molar-refractivity contribution < 1.29 is 14.2 Å². The zero-order valence-electron chi connectivity index (χ0n) is 10.0. The molecule has 1 aromatic carbocycles. The minimum absolute atomic E-state index is 0.0456. The van der Waals surface area contributed by atoms with Gasteiger partial charge in [-0.05, 0) is 19.9 Å². The van der Waals surface area contributed by atoms with Crippen molar-refractivity contribution in [2.75, 3.05) is 19.2 Å². The smallest absolute Gasteiger partial charge is 0.231 e. The molecule has 5 heteroatoms. The molecule has 1 N–H and O–H groups in total. The van der Waals surface area contributed by atoms with Crippen molar-refractivity contribution in [3.05, 3.63) is 11.6 Å². The Morgan fingerprint density at radius 3 is 2.94 bits per heavy atom. The van der Waals surface area contributed by atoms with Gasteiger partial charge < -0.3 is 19.5 Å². The Morgan fingerprint density at radius 1 is 1.41 bits per heavy atom. The van der Waals surface area contributed by atoms with E-state index in [-0.39, 0.29) is 13.0 Å². The number of hydrogen-bond donors (Lipinski definition) is 1. The lowest BCUT2D eigenvalue weighted by Gasteiger charge is -2.23. The van der Waals surface area contributed by atoms with Crippen LogP contribution < -0.4 is 19.5 Å². The summed E-state index contributed by atoms with van der Waals surface area (Å²) in [5.41, 5.74) is 2.92. The molecular formula is C12H14N2O3. The van der Waals surface area contributed by atoms with Crippen LogP contribution in [0.15, 0.2) is 11.1 Å². The molecule has 0 bridgehead atoms. The molecular weight excluding hydrogens is 220 g/mol. The fraction of sp³-hybridized carbons (Fsp3) is 0.417. The molecule has 0 aromatic heterocycles. The summed E-state index contributed by atoms with van der Waals surface area (Å²) in [7, 11) is 1.62. The number of aliphatic imine (C=N–C) groups is 1. The van der Waals surface area contributed by atoms with E-state index < -0.39 is 0 Å². The van der Waals surface area contributed by atoms with Crippen molar-refractivity contribution >= 4 is 11.4 Å². The molecule has 3 rings (SSSR count). The van der Waals surface area contributed by atoms with Crippen LogP contribution in [-0.4, -0.2) is 25.8 Å². The molecule has 1 aromatic rings. The Kier molecular flexibility index (Phi) is 2.14. The van der Waals surface area contributed by atoms with Crippen molar-refractivity contribution in [1.29, 1.82) is 0 Å². The quantitative estimate of drug-likeness (QED) is 0.807. The second kappa shape index (κ2) is 3.55. The zero-order chi connectivity index (χ0) is 12.0. The van der Waals surface area contributed by atoms with Crippen LogP contribution in [0, 0.1) is 0 Å². The minimum Gasteiger partial charge on any atom is -0.493 e. The fourth-order valence-corrected chi connectivity index (χ4v) is 2.22. The van der Waals surface area contributed by atoms with E-state index in [4.69, 9.17) is 14.2 Å². The van der Waals surface area contributed by atoms with Gasteiger partial charge in [0.2, 0.25) is 12.5 Å². The van der Waals surface area contributed by atoms with Gasteiger partial charge >= 0.3 is 0 Å². The predicted octanol–water partition coefficient (Wildman–Crippen LogP) is 2.00. The number of nitrogens with zero attached hydrogens (tertiary/aromatic N) is 1. The summed E-state index contributed by atoms with van der Waals surface area (Å²) in [6.45, 7) is 4.21. The standard InChI is InChI=1S/C12H14N2O3/c1-6-8-4-9(15-3)11-12(17-5-16-11)10(8)14-7(2)13-6/h4,7,14H,5H2,1-3H3. The molecule has 0 spiro atoms. The molecule has 0 radical (unpaired) electrons. The van der Waals surface area contributed by atoms with Gasteiger partial charge in [-0.2, -0.15) is 0 Å². The molecule has 2 aliphatic heterocycles. The van der Waals surface area contributed by atoms with E-state index in [9.17, 15) is 0 Å². The van der Waals surface area contributed by atoms with E-state index in [1.54, 1.807) is 7.11 Å². The van der Waals surface area contributed by atoms with Gasteiger partial charge in [0.25, 0.3) is 0 Å². The average molecular weight is 234 g/mol. The highest BCUT2D eigenvalue weighted by molar-refractivity contribution is 6.07. The molecule has 0 saturated heterocycles. The van der Waals surface area contributed by atoms with Crippen molar-refractivity contribution in [3.8, 4) is 17.2 Å². The van der Waals surface area contributed by atoms with E-state index in [1.165, 1.54) is 0 Å². The molecule has 2 heterocycles. The SMILES string of the molecule is COc1cc2c(c3c1OCO3)NC(C)N=C2C. The maximum atomic E-state index is 5.52. The third kappa shape index (κ3) is 1.42. The van der Waals surface area contributed by atoms with Crippen LogP contribution in [0.25, 0.3) is 0 Å². The van der Waals surface area contributed by atoms with Crippen LogP contribution in [0.2, 0.25) is 0 Å². The first-order valence-corrected chi connectivity index (χ1v) is 5.52. The zero-order valence-corrected chi connectivity index (χ0v) is 10.0. The van der Waals surface area contributed by atoms with E-state index in [2.05, 4.69) is 10.3 Å². The first kappa shape index (κ1) is 10.3. The van der Waals surface area contributed by atoms with Crippen LogP contribution >= 0.6 is 0 Å². The van der Waals surface area contributed by atoms with Crippen molar-refractivity contribution in [3.63, 3.8) is 0 Å². The van der Waals surface area contributed by atoms with E-state index in [0.717, 1.165) is 22.7 Å². The number of hydrogen-bond acceptors (Lipinski definition) is 5. The minimum atomic E-state index is 0.0456. The maximum Gasteiger partial charge on any atom is 0.231 e. The van der Waals surface area contributed by atoms with Crippen molar-refractivity contribution in [1.82, 2.24) is 0 Å². The summed E-state index contributed by atoms with van der Waals surface area (Å²) >= 11 is 0. The number of fused-ring (bicyclic) bond motifs is 3. The number of benzene rings is 1. The van der Waals surface area contributed by atoms with Gasteiger partial charge in [-0.15, -0.1) is 0 Å². The lowest BCUT2D eigenvalue weighted by atomic mass is 10.0.